The fourth-order valence-corrected chi connectivity index (χ4v) is 3.41. The van der Waals surface area contributed by atoms with E-state index in [9.17, 15) is 9.18 Å². The summed E-state index contributed by atoms with van der Waals surface area (Å²) in [6.45, 7) is 0.371. The fraction of sp³-hybridized carbons (Fsp3) is 0.350. The van der Waals surface area contributed by atoms with E-state index in [1.54, 1.807) is 10.9 Å². The molecule has 0 unspecified atom stereocenters. The minimum absolute atomic E-state index is 0.0224. The number of nitrogens with zero attached hydrogens (tertiary/aromatic N) is 3. The molecule has 9 heteroatoms. The molecule has 8 nitrogen and oxygen atoms in total. The second-order valence-corrected chi connectivity index (χ2v) is 7.50. The Hall–Kier alpha value is -3.20. The molecular formula is C20H24FN7O. The van der Waals surface area contributed by atoms with Crippen molar-refractivity contribution in [3.8, 4) is 0 Å². The number of benzene rings is 1. The zero-order valence-electron chi connectivity index (χ0n) is 16.2. The molecule has 2 heterocycles. The predicted octanol–water partition coefficient (Wildman–Crippen LogP) is 2.49. The maximum atomic E-state index is 14.6. The third-order valence-electron chi connectivity index (χ3n) is 5.19. The van der Waals surface area contributed by atoms with E-state index in [4.69, 9.17) is 11.5 Å². The summed E-state index contributed by atoms with van der Waals surface area (Å²) in [5.74, 6) is -0.529. The Morgan fingerprint density at radius 3 is 2.83 bits per heavy atom. The summed E-state index contributed by atoms with van der Waals surface area (Å²) in [7, 11) is 1.86. The molecule has 1 atom stereocenters. The number of hydrogen-bond acceptors (Lipinski definition) is 6. The second-order valence-electron chi connectivity index (χ2n) is 7.50. The summed E-state index contributed by atoms with van der Waals surface area (Å²) >= 11 is 0. The van der Waals surface area contributed by atoms with Gasteiger partial charge in [-0.3, -0.25) is 9.48 Å². The molecule has 1 aliphatic carbocycles. The van der Waals surface area contributed by atoms with E-state index in [1.807, 2.05) is 25.2 Å². The van der Waals surface area contributed by atoms with Gasteiger partial charge in [-0.1, -0.05) is 12.8 Å². The van der Waals surface area contributed by atoms with Gasteiger partial charge in [0.05, 0.1) is 17.3 Å². The minimum Gasteiger partial charge on any atom is -0.365 e. The van der Waals surface area contributed by atoms with Crippen molar-refractivity contribution < 1.29 is 9.18 Å². The van der Waals surface area contributed by atoms with E-state index in [1.165, 1.54) is 12.8 Å². The van der Waals surface area contributed by atoms with Gasteiger partial charge in [-0.05, 0) is 36.6 Å². The monoisotopic (exact) mass is 397 g/mol. The van der Waals surface area contributed by atoms with Crippen molar-refractivity contribution >= 4 is 34.1 Å². The topological polar surface area (TPSA) is 124 Å². The number of nitrogens with one attached hydrogen (secondary N) is 2. The Labute approximate surface area is 167 Å². The first-order valence-corrected chi connectivity index (χ1v) is 9.60. The summed E-state index contributed by atoms with van der Waals surface area (Å²) < 4.78 is 16.3. The Morgan fingerprint density at radius 2 is 2.14 bits per heavy atom. The van der Waals surface area contributed by atoms with Crippen LogP contribution in [0.3, 0.4) is 0 Å². The molecule has 1 amide bonds. The van der Waals surface area contributed by atoms with Gasteiger partial charge >= 0.3 is 0 Å². The standard InChI is InChI=1S/C20H24FN7O/c1-28-17-5-4-13(7-12(17)10-24-28)25-19-15(18(23)29)8-16(21)20(27-19)26-14(9-22)6-11-2-3-11/h4-5,7-8,10-11,14H,2-3,6,9,22H2,1H3,(H2,23,29)(H2,25,26,27)/t14-/m1/s1. The predicted molar refractivity (Wildman–Crippen MR) is 111 cm³/mol. The van der Waals surface area contributed by atoms with Crippen molar-refractivity contribution in [1.82, 2.24) is 14.8 Å². The minimum atomic E-state index is -0.763. The lowest BCUT2D eigenvalue weighted by Gasteiger charge is -2.19. The molecule has 152 valence electrons. The SMILES string of the molecule is Cn1ncc2cc(Nc3nc(N[C@@H](CN)CC4CC4)c(F)cc3C(N)=O)ccc21. The van der Waals surface area contributed by atoms with Crippen molar-refractivity contribution in [1.29, 1.82) is 0 Å². The van der Waals surface area contributed by atoms with Crippen LogP contribution in [-0.4, -0.2) is 33.3 Å². The number of aryl methyl sites for hydroxylation is 1. The van der Waals surface area contributed by atoms with Gasteiger partial charge in [-0.2, -0.15) is 5.10 Å². The number of aromatic nitrogens is 3. The van der Waals surface area contributed by atoms with Crippen molar-refractivity contribution in [3.05, 3.63) is 41.8 Å². The molecule has 1 aliphatic rings. The van der Waals surface area contributed by atoms with Gasteiger partial charge in [0.2, 0.25) is 0 Å². The molecule has 0 saturated heterocycles. The number of nitrogens with two attached hydrogens (primary N) is 2. The maximum absolute atomic E-state index is 14.6. The molecule has 3 aromatic rings. The zero-order chi connectivity index (χ0) is 20.5. The van der Waals surface area contributed by atoms with E-state index < -0.39 is 11.7 Å². The quantitative estimate of drug-likeness (QED) is 0.463. The van der Waals surface area contributed by atoms with E-state index in [2.05, 4.69) is 20.7 Å². The molecule has 1 aromatic carbocycles. The normalized spacial score (nSPS) is 14.7. The van der Waals surface area contributed by atoms with Gasteiger partial charge in [-0.15, -0.1) is 0 Å². The molecule has 0 spiro atoms. The third kappa shape index (κ3) is 4.14. The number of primary amides is 1. The first-order chi connectivity index (χ1) is 13.9. The zero-order valence-corrected chi connectivity index (χ0v) is 16.2. The van der Waals surface area contributed by atoms with E-state index >= 15 is 0 Å². The smallest absolute Gasteiger partial charge is 0.252 e. The summed E-state index contributed by atoms with van der Waals surface area (Å²) in [5, 5.41) is 11.3. The second kappa shape index (κ2) is 7.67. The largest absolute Gasteiger partial charge is 0.365 e. The van der Waals surface area contributed by atoms with Gasteiger partial charge in [-0.25, -0.2) is 9.37 Å². The van der Waals surface area contributed by atoms with Crippen LogP contribution in [0.1, 0.15) is 29.6 Å². The highest BCUT2D eigenvalue weighted by atomic mass is 19.1. The van der Waals surface area contributed by atoms with Gasteiger partial charge in [0, 0.05) is 30.7 Å². The average Bonchev–Trinajstić information content (AvgIpc) is 3.44. The summed E-state index contributed by atoms with van der Waals surface area (Å²) in [6.07, 6.45) is 4.97. The number of amides is 1. The Morgan fingerprint density at radius 1 is 1.34 bits per heavy atom. The molecule has 0 radical (unpaired) electrons. The number of carbonyl (C=O) groups excluding carboxylic acids is 1. The van der Waals surface area contributed by atoms with Crippen molar-refractivity contribution in [2.24, 2.45) is 24.4 Å². The molecule has 0 aliphatic heterocycles. The molecule has 4 rings (SSSR count). The fourth-order valence-electron chi connectivity index (χ4n) is 3.41. The average molecular weight is 397 g/mol. The maximum Gasteiger partial charge on any atom is 0.252 e. The van der Waals surface area contributed by atoms with Crippen LogP contribution in [0.4, 0.5) is 21.7 Å². The number of fused-ring (bicyclic) bond motifs is 1. The third-order valence-corrected chi connectivity index (χ3v) is 5.19. The highest BCUT2D eigenvalue weighted by Crippen LogP contribution is 2.34. The molecule has 29 heavy (non-hydrogen) atoms. The van der Waals surface area contributed by atoms with Crippen molar-refractivity contribution in [2.45, 2.75) is 25.3 Å². The van der Waals surface area contributed by atoms with Crippen LogP contribution >= 0.6 is 0 Å². The van der Waals surface area contributed by atoms with E-state index in [-0.39, 0.29) is 23.2 Å². The van der Waals surface area contributed by atoms with Gasteiger partial charge in [0.25, 0.3) is 5.91 Å². The number of hydrogen-bond donors (Lipinski definition) is 4. The highest BCUT2D eigenvalue weighted by molar-refractivity contribution is 5.99. The Bertz CT molecular complexity index is 1060. The van der Waals surface area contributed by atoms with Crippen LogP contribution in [-0.2, 0) is 7.05 Å². The molecule has 1 saturated carbocycles. The molecule has 6 N–H and O–H groups in total. The number of rotatable bonds is 8. The lowest BCUT2D eigenvalue weighted by molar-refractivity contribution is 0.100. The highest BCUT2D eigenvalue weighted by Gasteiger charge is 2.26. The van der Waals surface area contributed by atoms with Crippen LogP contribution in [0.2, 0.25) is 0 Å². The molecule has 0 bridgehead atoms. The van der Waals surface area contributed by atoms with Crippen molar-refractivity contribution in [2.75, 3.05) is 17.2 Å². The number of carbonyl (C=O) groups is 1. The van der Waals surface area contributed by atoms with Crippen LogP contribution in [0.15, 0.2) is 30.5 Å². The summed E-state index contributed by atoms with van der Waals surface area (Å²) in [4.78, 5) is 16.2. The number of halogens is 1. The van der Waals surface area contributed by atoms with Crippen LogP contribution < -0.4 is 22.1 Å². The van der Waals surface area contributed by atoms with Gasteiger partial charge in [0.1, 0.15) is 5.82 Å². The van der Waals surface area contributed by atoms with Crippen LogP contribution in [0.25, 0.3) is 10.9 Å². The van der Waals surface area contributed by atoms with Crippen molar-refractivity contribution in [3.63, 3.8) is 0 Å². The van der Waals surface area contributed by atoms with Gasteiger partial charge in [0.15, 0.2) is 11.6 Å². The van der Waals surface area contributed by atoms with E-state index in [0.717, 1.165) is 23.4 Å². The van der Waals surface area contributed by atoms with Crippen LogP contribution in [0, 0.1) is 11.7 Å². The summed E-state index contributed by atoms with van der Waals surface area (Å²) in [5.41, 5.74) is 12.9. The Balaban J connectivity index is 1.64. The van der Waals surface area contributed by atoms with Crippen LogP contribution in [0.5, 0.6) is 0 Å². The van der Waals surface area contributed by atoms with Gasteiger partial charge < -0.3 is 22.1 Å². The first-order valence-electron chi connectivity index (χ1n) is 9.60. The molecule has 1 fully saturated rings. The van der Waals surface area contributed by atoms with E-state index in [0.29, 0.717) is 18.2 Å². The molecular weight excluding hydrogens is 373 g/mol. The molecule has 2 aromatic heterocycles. The lowest BCUT2D eigenvalue weighted by atomic mass is 10.1. The lowest BCUT2D eigenvalue weighted by Crippen LogP contribution is -2.30. The Kier molecular flexibility index (Phi) is 5.06. The number of pyridine rings is 1. The number of anilines is 3. The first kappa shape index (κ1) is 19.1. The summed E-state index contributed by atoms with van der Waals surface area (Å²) in [6, 6.07) is 6.64.